The molecule has 1 heterocycles. The second-order valence-corrected chi connectivity index (χ2v) is 8.94. The third kappa shape index (κ3) is 6.14. The lowest BCUT2D eigenvalue weighted by Crippen LogP contribution is -2.36. The number of nitrogens with one attached hydrogen (secondary N) is 1. The molecule has 0 radical (unpaired) electrons. The maximum absolute atomic E-state index is 13.0. The zero-order valence-electron chi connectivity index (χ0n) is 20.5. The fraction of sp³-hybridized carbons (Fsp3) is 0.296. The summed E-state index contributed by atoms with van der Waals surface area (Å²) in [7, 11) is 0. The number of amides is 3. The summed E-state index contributed by atoms with van der Waals surface area (Å²) >= 11 is 0.810. The van der Waals surface area contributed by atoms with E-state index in [0.717, 1.165) is 33.4 Å². The average Bonchev–Trinajstić information content (AvgIpc) is 3.06. The van der Waals surface area contributed by atoms with Crippen LogP contribution in [0.5, 0.6) is 11.5 Å². The number of carbonyl (C=O) groups excluding carboxylic acids is 3. The van der Waals surface area contributed by atoms with Crippen LogP contribution in [0.2, 0.25) is 0 Å². The topological polar surface area (TPSA) is 84.9 Å². The van der Waals surface area contributed by atoms with Crippen molar-refractivity contribution in [2.24, 2.45) is 0 Å². The van der Waals surface area contributed by atoms with Crippen LogP contribution in [-0.2, 0) is 16.0 Å². The summed E-state index contributed by atoms with van der Waals surface area (Å²) in [6.45, 7) is 11.9. The summed E-state index contributed by atoms with van der Waals surface area (Å²) in [6, 6.07) is 9.35. The number of rotatable bonds is 10. The molecule has 0 aromatic heterocycles. The molecule has 0 saturated carbocycles. The van der Waals surface area contributed by atoms with Gasteiger partial charge in [-0.25, -0.2) is 0 Å². The van der Waals surface area contributed by atoms with Gasteiger partial charge in [-0.3, -0.25) is 19.3 Å². The fourth-order valence-electron chi connectivity index (χ4n) is 3.77. The lowest BCUT2D eigenvalue weighted by molar-refractivity contribution is -0.127. The van der Waals surface area contributed by atoms with Crippen molar-refractivity contribution in [3.05, 3.63) is 70.1 Å². The van der Waals surface area contributed by atoms with Crippen molar-refractivity contribution in [1.82, 2.24) is 4.90 Å². The number of thioether (sulfide) groups is 1. The number of carbonyl (C=O) groups is 3. The molecule has 1 fully saturated rings. The molecule has 35 heavy (non-hydrogen) atoms. The van der Waals surface area contributed by atoms with E-state index < -0.39 is 17.1 Å². The molecule has 2 aromatic carbocycles. The minimum atomic E-state index is -0.506. The van der Waals surface area contributed by atoms with Crippen LogP contribution in [0, 0.1) is 13.8 Å². The molecule has 0 spiro atoms. The van der Waals surface area contributed by atoms with Crippen molar-refractivity contribution < 1.29 is 23.9 Å². The first-order valence-electron chi connectivity index (χ1n) is 11.4. The number of benzene rings is 2. The molecule has 0 atom stereocenters. The number of para-hydroxylation sites is 1. The molecule has 1 aliphatic heterocycles. The number of hydrogen-bond acceptors (Lipinski definition) is 6. The van der Waals surface area contributed by atoms with Crippen molar-refractivity contribution in [1.29, 1.82) is 0 Å². The molecule has 1 aliphatic rings. The number of imide groups is 1. The van der Waals surface area contributed by atoms with Gasteiger partial charge in [-0.2, -0.15) is 0 Å². The quantitative estimate of drug-likeness (QED) is 0.347. The molecule has 0 aliphatic carbocycles. The largest absolute Gasteiger partial charge is 0.490 e. The Balaban J connectivity index is 1.84. The molecule has 3 rings (SSSR count). The smallest absolute Gasteiger partial charge is 0.294 e. The van der Waals surface area contributed by atoms with Gasteiger partial charge in [0.15, 0.2) is 11.5 Å². The minimum Gasteiger partial charge on any atom is -0.490 e. The normalized spacial score (nSPS) is 14.4. The Kier molecular flexibility index (Phi) is 8.76. The first-order valence-corrected chi connectivity index (χ1v) is 12.3. The SMILES string of the molecule is C=CCc1cc(/C=C2/SC(=O)N(CC(=O)Nc3c(C)cccc3C)C2=O)cc(OCC)c1OCC. The number of anilines is 1. The predicted octanol–water partition coefficient (Wildman–Crippen LogP) is 5.50. The second-order valence-electron chi connectivity index (χ2n) is 7.95. The number of ether oxygens (including phenoxy) is 2. The molecular formula is C27H30N2O5S. The van der Waals surface area contributed by atoms with Gasteiger partial charge in [0.1, 0.15) is 6.54 Å². The van der Waals surface area contributed by atoms with Crippen LogP contribution in [0.25, 0.3) is 6.08 Å². The van der Waals surface area contributed by atoms with E-state index >= 15 is 0 Å². The Morgan fingerprint density at radius 1 is 1.11 bits per heavy atom. The standard InChI is InChI=1S/C27H30N2O5S/c1-6-10-20-13-19(14-21(33-7-2)25(20)34-8-3)15-22-26(31)29(27(32)35-22)16-23(30)28-24-17(4)11-9-12-18(24)5/h6,9,11-15H,1,7-8,10,16H2,2-5H3,(H,28,30)/b22-15+. The number of aryl methyl sites for hydroxylation is 2. The molecule has 1 saturated heterocycles. The van der Waals surface area contributed by atoms with Gasteiger partial charge in [0.2, 0.25) is 5.91 Å². The molecule has 0 unspecified atom stereocenters. The van der Waals surface area contributed by atoms with E-state index in [2.05, 4.69) is 11.9 Å². The van der Waals surface area contributed by atoms with E-state index in [-0.39, 0.29) is 11.4 Å². The number of allylic oxidation sites excluding steroid dienone is 1. The van der Waals surface area contributed by atoms with Crippen LogP contribution >= 0.6 is 11.8 Å². The zero-order valence-corrected chi connectivity index (χ0v) is 21.3. The summed E-state index contributed by atoms with van der Waals surface area (Å²) in [6.07, 6.45) is 3.95. The van der Waals surface area contributed by atoms with Gasteiger partial charge in [-0.15, -0.1) is 6.58 Å². The Morgan fingerprint density at radius 2 is 1.80 bits per heavy atom. The Morgan fingerprint density at radius 3 is 2.43 bits per heavy atom. The summed E-state index contributed by atoms with van der Waals surface area (Å²) in [5.41, 5.74) is 4.06. The van der Waals surface area contributed by atoms with Crippen LogP contribution in [0.3, 0.4) is 0 Å². The van der Waals surface area contributed by atoms with E-state index in [1.807, 2.05) is 52.0 Å². The highest BCUT2D eigenvalue weighted by molar-refractivity contribution is 8.18. The van der Waals surface area contributed by atoms with E-state index in [0.29, 0.717) is 42.4 Å². The summed E-state index contributed by atoms with van der Waals surface area (Å²) in [5, 5.41) is 2.33. The summed E-state index contributed by atoms with van der Waals surface area (Å²) < 4.78 is 11.6. The molecule has 1 N–H and O–H groups in total. The van der Waals surface area contributed by atoms with Gasteiger partial charge in [-0.05, 0) is 80.8 Å². The molecule has 7 nitrogen and oxygen atoms in total. The highest BCUT2D eigenvalue weighted by Gasteiger charge is 2.36. The number of hydrogen-bond donors (Lipinski definition) is 1. The molecule has 3 amide bonds. The van der Waals surface area contributed by atoms with Crippen LogP contribution < -0.4 is 14.8 Å². The number of nitrogens with zero attached hydrogens (tertiary/aromatic N) is 1. The monoisotopic (exact) mass is 494 g/mol. The van der Waals surface area contributed by atoms with E-state index in [1.165, 1.54) is 0 Å². The van der Waals surface area contributed by atoms with Crippen molar-refractivity contribution in [3.8, 4) is 11.5 Å². The third-order valence-corrected chi connectivity index (χ3v) is 6.23. The highest BCUT2D eigenvalue weighted by Crippen LogP contribution is 2.37. The van der Waals surface area contributed by atoms with Crippen molar-refractivity contribution in [3.63, 3.8) is 0 Å². The maximum atomic E-state index is 13.0. The average molecular weight is 495 g/mol. The Hall–Kier alpha value is -3.52. The van der Waals surface area contributed by atoms with Crippen LogP contribution in [0.4, 0.5) is 10.5 Å². The lowest BCUT2D eigenvalue weighted by atomic mass is 10.0. The lowest BCUT2D eigenvalue weighted by Gasteiger charge is -2.16. The Labute approximate surface area is 210 Å². The van der Waals surface area contributed by atoms with Gasteiger partial charge >= 0.3 is 0 Å². The van der Waals surface area contributed by atoms with Crippen molar-refractivity contribution in [2.75, 3.05) is 25.1 Å². The minimum absolute atomic E-state index is 0.242. The van der Waals surface area contributed by atoms with Gasteiger partial charge in [0.25, 0.3) is 11.1 Å². The summed E-state index contributed by atoms with van der Waals surface area (Å²) in [4.78, 5) is 39.4. The van der Waals surface area contributed by atoms with Crippen molar-refractivity contribution >= 4 is 40.6 Å². The first-order chi connectivity index (χ1) is 16.8. The molecular weight excluding hydrogens is 464 g/mol. The zero-order chi connectivity index (χ0) is 25.5. The second kappa shape index (κ2) is 11.8. The first kappa shape index (κ1) is 26.1. The third-order valence-electron chi connectivity index (χ3n) is 5.33. The van der Waals surface area contributed by atoms with Gasteiger partial charge in [-0.1, -0.05) is 24.3 Å². The van der Waals surface area contributed by atoms with Crippen LogP contribution in [-0.4, -0.2) is 41.7 Å². The van der Waals surface area contributed by atoms with Crippen molar-refractivity contribution in [2.45, 2.75) is 34.1 Å². The predicted molar refractivity (Wildman–Crippen MR) is 140 cm³/mol. The molecule has 184 valence electrons. The fourth-order valence-corrected chi connectivity index (χ4v) is 4.61. The maximum Gasteiger partial charge on any atom is 0.294 e. The van der Waals surface area contributed by atoms with E-state index in [4.69, 9.17) is 9.47 Å². The summed E-state index contributed by atoms with van der Waals surface area (Å²) in [5.74, 6) is 0.266. The van der Waals surface area contributed by atoms with Crippen LogP contribution in [0.15, 0.2) is 47.9 Å². The Bertz CT molecular complexity index is 1170. The molecule has 0 bridgehead atoms. The van der Waals surface area contributed by atoms with Gasteiger partial charge in [0, 0.05) is 11.3 Å². The van der Waals surface area contributed by atoms with Gasteiger partial charge in [0.05, 0.1) is 18.1 Å². The van der Waals surface area contributed by atoms with Gasteiger partial charge < -0.3 is 14.8 Å². The molecule has 2 aromatic rings. The van der Waals surface area contributed by atoms with E-state index in [1.54, 1.807) is 18.2 Å². The van der Waals surface area contributed by atoms with Crippen LogP contribution in [0.1, 0.15) is 36.1 Å². The highest BCUT2D eigenvalue weighted by atomic mass is 32.2. The van der Waals surface area contributed by atoms with E-state index in [9.17, 15) is 14.4 Å². The molecule has 8 heteroatoms.